The third-order valence-corrected chi connectivity index (χ3v) is 2.40. The molecule has 95 valence electrons. The van der Waals surface area contributed by atoms with Crippen LogP contribution in [0.3, 0.4) is 0 Å². The van der Waals surface area contributed by atoms with E-state index < -0.39 is 23.5 Å². The highest BCUT2D eigenvalue weighted by atomic mass is 19.4. The average Bonchev–Trinajstić information content (AvgIpc) is 2.25. The molecule has 1 radical (unpaired) electrons. The van der Waals surface area contributed by atoms with E-state index in [1.807, 2.05) is 0 Å². The number of halogens is 6. The van der Waals surface area contributed by atoms with Gasteiger partial charge >= 0.3 is 12.4 Å². The van der Waals surface area contributed by atoms with Gasteiger partial charge in [-0.3, -0.25) is 0 Å². The van der Waals surface area contributed by atoms with Crippen LogP contribution in [0.15, 0.2) is 30.3 Å². The minimum Gasteiger partial charge on any atom is -0.166 e. The van der Waals surface area contributed by atoms with Crippen molar-refractivity contribution in [1.29, 1.82) is 0 Å². The lowest BCUT2D eigenvalue weighted by atomic mass is 10.0. The number of benzene rings is 2. The van der Waals surface area contributed by atoms with Gasteiger partial charge in [-0.2, -0.15) is 26.3 Å². The Hall–Kier alpha value is -1.72. The fourth-order valence-corrected chi connectivity index (χ4v) is 1.52. The third kappa shape index (κ3) is 2.42. The van der Waals surface area contributed by atoms with Gasteiger partial charge in [-0.1, -0.05) is 6.07 Å². The summed E-state index contributed by atoms with van der Waals surface area (Å²) in [7, 11) is 0. The molecule has 18 heavy (non-hydrogen) atoms. The number of hydrogen-bond acceptors (Lipinski definition) is 0. The molecule has 0 saturated heterocycles. The summed E-state index contributed by atoms with van der Waals surface area (Å²) in [5, 5.41) is 0.0654. The summed E-state index contributed by atoms with van der Waals surface area (Å²) in [5.74, 6) is 0. The summed E-state index contributed by atoms with van der Waals surface area (Å²) >= 11 is 0. The fraction of sp³-hybridized carbons (Fsp3) is 0.167. The van der Waals surface area contributed by atoms with Crippen LogP contribution < -0.4 is 0 Å². The first kappa shape index (κ1) is 12.7. The van der Waals surface area contributed by atoms with Gasteiger partial charge in [0.2, 0.25) is 0 Å². The minimum atomic E-state index is -4.60. The molecular formula is C12H5F6. The van der Waals surface area contributed by atoms with Crippen molar-refractivity contribution in [2.24, 2.45) is 0 Å². The Bertz CT molecular complexity index is 530. The van der Waals surface area contributed by atoms with E-state index in [1.165, 1.54) is 0 Å². The number of alkyl halides is 6. The van der Waals surface area contributed by atoms with Crippen LogP contribution in [0.4, 0.5) is 26.3 Å². The fourth-order valence-electron chi connectivity index (χ4n) is 1.52. The van der Waals surface area contributed by atoms with E-state index >= 15 is 0 Å². The summed E-state index contributed by atoms with van der Waals surface area (Å²) in [5.41, 5.74) is -2.00. The van der Waals surface area contributed by atoms with E-state index in [1.54, 1.807) is 0 Å². The van der Waals surface area contributed by atoms with Crippen molar-refractivity contribution in [1.82, 2.24) is 0 Å². The van der Waals surface area contributed by atoms with Crippen molar-refractivity contribution in [3.05, 3.63) is 47.5 Å². The summed E-state index contributed by atoms with van der Waals surface area (Å²) in [6.07, 6.45) is -9.18. The molecule has 0 aliphatic rings. The highest BCUT2D eigenvalue weighted by Crippen LogP contribution is 2.34. The standard InChI is InChI=1S/C12H5F6/c13-11(14,15)9-3-1-7-2-4-10(12(16,17)18)6-8(7)5-9/h1,3-6H. The third-order valence-electron chi connectivity index (χ3n) is 2.40. The van der Waals surface area contributed by atoms with Gasteiger partial charge < -0.3 is 0 Å². The first-order chi connectivity index (χ1) is 8.18. The smallest absolute Gasteiger partial charge is 0.166 e. The molecule has 0 saturated carbocycles. The number of fused-ring (bicyclic) bond motifs is 1. The maximum Gasteiger partial charge on any atom is 0.416 e. The van der Waals surface area contributed by atoms with Crippen LogP contribution in [0.5, 0.6) is 0 Å². The highest BCUT2D eigenvalue weighted by Gasteiger charge is 2.32. The molecule has 0 unspecified atom stereocenters. The molecule has 2 aromatic rings. The number of hydrogen-bond donors (Lipinski definition) is 0. The molecule has 0 nitrogen and oxygen atoms in total. The van der Waals surface area contributed by atoms with Crippen LogP contribution in [0.25, 0.3) is 10.8 Å². The molecule has 0 bridgehead atoms. The second-order valence-corrected chi connectivity index (χ2v) is 3.69. The predicted octanol–water partition coefficient (Wildman–Crippen LogP) is 4.68. The molecule has 0 atom stereocenters. The van der Waals surface area contributed by atoms with Crippen LogP contribution in [0, 0.1) is 6.07 Å². The van der Waals surface area contributed by atoms with Crippen LogP contribution >= 0.6 is 0 Å². The Morgan fingerprint density at radius 3 is 1.89 bits per heavy atom. The molecule has 0 fully saturated rings. The van der Waals surface area contributed by atoms with Gasteiger partial charge in [-0.25, -0.2) is 0 Å². The zero-order valence-corrected chi connectivity index (χ0v) is 8.65. The molecule has 0 amide bonds. The van der Waals surface area contributed by atoms with Crippen molar-refractivity contribution < 1.29 is 26.3 Å². The Balaban J connectivity index is 2.61. The van der Waals surface area contributed by atoms with Gasteiger partial charge in [0.05, 0.1) is 11.1 Å². The van der Waals surface area contributed by atoms with E-state index in [0.717, 1.165) is 18.2 Å². The van der Waals surface area contributed by atoms with Crippen molar-refractivity contribution in [3.8, 4) is 0 Å². The lowest BCUT2D eigenvalue weighted by Crippen LogP contribution is -2.06. The van der Waals surface area contributed by atoms with Crippen molar-refractivity contribution in [2.45, 2.75) is 12.4 Å². The van der Waals surface area contributed by atoms with Crippen LogP contribution in [-0.2, 0) is 12.4 Å². The molecule has 0 heterocycles. The summed E-state index contributed by atoms with van der Waals surface area (Å²) < 4.78 is 74.5. The average molecular weight is 263 g/mol. The lowest BCUT2D eigenvalue weighted by molar-refractivity contribution is -0.138. The Labute approximate surface area is 97.8 Å². The van der Waals surface area contributed by atoms with E-state index in [2.05, 4.69) is 6.07 Å². The largest absolute Gasteiger partial charge is 0.416 e. The van der Waals surface area contributed by atoms with Crippen LogP contribution in [-0.4, -0.2) is 0 Å². The monoisotopic (exact) mass is 263 g/mol. The van der Waals surface area contributed by atoms with Gasteiger partial charge in [0, 0.05) is 0 Å². The molecular weight excluding hydrogens is 258 g/mol. The minimum absolute atomic E-state index is 0.139. The zero-order valence-electron chi connectivity index (χ0n) is 8.65. The quantitative estimate of drug-likeness (QED) is 0.605. The number of rotatable bonds is 0. The first-order valence-corrected chi connectivity index (χ1v) is 4.78. The molecule has 6 heteroatoms. The molecule has 0 aliphatic carbocycles. The summed E-state index contributed by atoms with van der Waals surface area (Å²) in [6, 6.07) is 6.31. The first-order valence-electron chi connectivity index (χ1n) is 4.78. The second-order valence-electron chi connectivity index (χ2n) is 3.69. The highest BCUT2D eigenvalue weighted by molar-refractivity contribution is 5.83. The van der Waals surface area contributed by atoms with E-state index in [9.17, 15) is 26.3 Å². The molecule has 0 N–H and O–H groups in total. The Morgan fingerprint density at radius 1 is 0.778 bits per heavy atom. The van der Waals surface area contributed by atoms with Gasteiger partial charge in [0.15, 0.2) is 0 Å². The predicted molar refractivity (Wildman–Crippen MR) is 52.8 cm³/mol. The molecule has 0 aliphatic heterocycles. The Morgan fingerprint density at radius 2 is 1.33 bits per heavy atom. The SMILES string of the molecule is FC(F)(F)c1c[c]c2ccc(C(F)(F)F)cc2c1. The Kier molecular flexibility index (Phi) is 2.76. The van der Waals surface area contributed by atoms with Gasteiger partial charge in [0.1, 0.15) is 0 Å². The molecule has 2 aromatic carbocycles. The van der Waals surface area contributed by atoms with Gasteiger partial charge in [0.25, 0.3) is 0 Å². The van der Waals surface area contributed by atoms with Crippen molar-refractivity contribution in [2.75, 3.05) is 0 Å². The maximum absolute atomic E-state index is 12.4. The molecule has 0 aromatic heterocycles. The van der Waals surface area contributed by atoms with E-state index in [4.69, 9.17) is 0 Å². The topological polar surface area (TPSA) is 0 Å². The van der Waals surface area contributed by atoms with Crippen LogP contribution in [0.2, 0.25) is 0 Å². The normalized spacial score (nSPS) is 13.0. The maximum atomic E-state index is 12.4. The molecule has 2 rings (SSSR count). The summed E-state index contributed by atoms with van der Waals surface area (Å²) in [6.45, 7) is 0. The van der Waals surface area contributed by atoms with Crippen molar-refractivity contribution in [3.63, 3.8) is 0 Å². The summed E-state index contributed by atoms with van der Waals surface area (Å²) in [4.78, 5) is 0. The second kappa shape index (κ2) is 3.90. The zero-order chi connectivity index (χ0) is 13.6. The lowest BCUT2D eigenvalue weighted by Gasteiger charge is -2.10. The van der Waals surface area contributed by atoms with Gasteiger partial charge in [-0.05, 0) is 41.1 Å². The van der Waals surface area contributed by atoms with E-state index in [0.29, 0.717) is 12.1 Å². The van der Waals surface area contributed by atoms with E-state index in [-0.39, 0.29) is 10.8 Å². The van der Waals surface area contributed by atoms with Gasteiger partial charge in [-0.15, -0.1) is 0 Å². The van der Waals surface area contributed by atoms with Crippen LogP contribution in [0.1, 0.15) is 11.1 Å². The van der Waals surface area contributed by atoms with Crippen molar-refractivity contribution >= 4 is 10.8 Å². The molecule has 0 spiro atoms.